The lowest BCUT2D eigenvalue weighted by molar-refractivity contribution is -0.136. The second-order valence-electron chi connectivity index (χ2n) is 2.46. The zero-order valence-electron chi connectivity index (χ0n) is 10.2. The van der Waals surface area contributed by atoms with Crippen LogP contribution in [0.15, 0.2) is 0 Å². The third kappa shape index (κ3) is 44.0. The summed E-state index contributed by atoms with van der Waals surface area (Å²) in [6, 6.07) is 0. The number of amides is 1. The van der Waals surface area contributed by atoms with E-state index < -0.39 is 5.97 Å². The van der Waals surface area contributed by atoms with Gasteiger partial charge < -0.3 is 16.2 Å². The van der Waals surface area contributed by atoms with Gasteiger partial charge in [-0.15, -0.1) is 0 Å². The minimum atomic E-state index is -0.745. The summed E-state index contributed by atoms with van der Waals surface area (Å²) in [4.78, 5) is 19.7. The first-order chi connectivity index (χ1) is 6.99. The molecule has 0 aliphatic heterocycles. The minimum Gasteiger partial charge on any atom is -0.481 e. The summed E-state index contributed by atoms with van der Waals surface area (Å²) < 4.78 is 0. The van der Waals surface area contributed by atoms with Crippen LogP contribution < -0.4 is 11.1 Å². The van der Waals surface area contributed by atoms with Gasteiger partial charge in [0.05, 0.1) is 0 Å². The van der Waals surface area contributed by atoms with Gasteiger partial charge in [0, 0.05) is 19.4 Å². The zero-order chi connectivity index (χ0) is 12.7. The van der Waals surface area contributed by atoms with Gasteiger partial charge in [-0.2, -0.15) is 0 Å². The lowest BCUT2D eigenvalue weighted by Crippen LogP contribution is -2.20. The molecule has 5 heteroatoms. The summed E-state index contributed by atoms with van der Waals surface area (Å²) in [7, 11) is 0. The number of carboxylic acids is 1. The van der Waals surface area contributed by atoms with Crippen molar-refractivity contribution in [2.45, 2.75) is 40.5 Å². The van der Waals surface area contributed by atoms with Gasteiger partial charge in [-0.25, -0.2) is 0 Å². The molecule has 5 nitrogen and oxygen atoms in total. The molecule has 0 aromatic carbocycles. The van der Waals surface area contributed by atoms with Crippen molar-refractivity contribution in [3.63, 3.8) is 0 Å². The molecule has 92 valence electrons. The van der Waals surface area contributed by atoms with E-state index in [9.17, 15) is 9.59 Å². The summed E-state index contributed by atoms with van der Waals surface area (Å²) in [5.41, 5.74) is 4.85. The monoisotopic (exact) mass is 220 g/mol. The van der Waals surface area contributed by atoms with E-state index in [2.05, 4.69) is 5.32 Å². The predicted octanol–water partition coefficient (Wildman–Crippen LogP) is 0.979. The maximum absolute atomic E-state index is 10.3. The minimum absolute atomic E-state index is 0.127. The highest BCUT2D eigenvalue weighted by molar-refractivity contribution is 5.75. The Morgan fingerprint density at radius 3 is 1.53 bits per heavy atom. The number of rotatable bonds is 3. The van der Waals surface area contributed by atoms with Crippen molar-refractivity contribution in [3.05, 3.63) is 0 Å². The van der Waals surface area contributed by atoms with Crippen LogP contribution in [0, 0.1) is 0 Å². The molecule has 15 heavy (non-hydrogen) atoms. The number of carbonyl (C=O) groups excluding carboxylic acids is 1. The Hall–Kier alpha value is -1.10. The molecule has 0 unspecified atom stereocenters. The Morgan fingerprint density at radius 1 is 1.13 bits per heavy atom. The second kappa shape index (κ2) is 18.6. The Kier molecular flexibility index (Phi) is 24.2. The number of carboxylic acid groups (broad SMARTS) is 1. The van der Waals surface area contributed by atoms with E-state index >= 15 is 0 Å². The lowest BCUT2D eigenvalue weighted by atomic mass is 10.4. The molecule has 0 aromatic rings. The van der Waals surface area contributed by atoms with Crippen LogP contribution in [0.5, 0.6) is 0 Å². The molecule has 0 spiro atoms. The lowest BCUT2D eigenvalue weighted by Gasteiger charge is -1.93. The van der Waals surface area contributed by atoms with Crippen molar-refractivity contribution in [1.29, 1.82) is 0 Å². The molecule has 0 saturated heterocycles. The highest BCUT2D eigenvalue weighted by Crippen LogP contribution is 1.71. The number of nitrogens with one attached hydrogen (secondary N) is 1. The molecule has 0 aliphatic rings. The van der Waals surface area contributed by atoms with Crippen LogP contribution in [0.3, 0.4) is 0 Å². The first-order valence-electron chi connectivity index (χ1n) is 5.18. The first-order valence-corrected chi connectivity index (χ1v) is 5.18. The van der Waals surface area contributed by atoms with Crippen molar-refractivity contribution in [1.82, 2.24) is 5.32 Å². The molecule has 0 heterocycles. The average Bonchev–Trinajstić information content (AvgIpc) is 2.20. The third-order valence-electron chi connectivity index (χ3n) is 0.998. The fraction of sp³-hybridized carbons (Fsp3) is 0.800. The topological polar surface area (TPSA) is 92.4 Å². The van der Waals surface area contributed by atoms with Crippen molar-refractivity contribution >= 4 is 11.9 Å². The standard InChI is InChI=1S/C5H11NO.C3H6O2.C2H7N/c1-3-5(7)6-4-2;1-2-3(4)5;1-2-3/h3-4H2,1-2H3,(H,6,7);2H2,1H3,(H,4,5);2-3H2,1H3. The molecule has 0 aromatic heterocycles. The van der Waals surface area contributed by atoms with Crippen LogP contribution in [0.4, 0.5) is 0 Å². The Bertz CT molecular complexity index is 150. The molecule has 0 aliphatic carbocycles. The first kappa shape index (κ1) is 19.5. The smallest absolute Gasteiger partial charge is 0.303 e. The van der Waals surface area contributed by atoms with Gasteiger partial charge in [0.25, 0.3) is 0 Å². The number of hydrogen-bond donors (Lipinski definition) is 3. The van der Waals surface area contributed by atoms with E-state index in [-0.39, 0.29) is 12.3 Å². The molecule has 0 atom stereocenters. The Balaban J connectivity index is -0.000000158. The van der Waals surface area contributed by atoms with Crippen molar-refractivity contribution in [2.24, 2.45) is 5.73 Å². The second-order valence-corrected chi connectivity index (χ2v) is 2.46. The predicted molar refractivity (Wildman–Crippen MR) is 61.6 cm³/mol. The number of nitrogens with two attached hydrogens (primary N) is 1. The summed E-state index contributed by atoms with van der Waals surface area (Å²) in [5.74, 6) is -0.618. The molecule has 0 rings (SSSR count). The third-order valence-corrected chi connectivity index (χ3v) is 0.998. The molecule has 0 bridgehead atoms. The fourth-order valence-electron chi connectivity index (χ4n) is 0.322. The SMILES string of the molecule is CCC(=O)O.CCN.CCNC(=O)CC. The van der Waals surface area contributed by atoms with Gasteiger partial charge in [0.2, 0.25) is 5.91 Å². The van der Waals surface area contributed by atoms with Crippen LogP contribution in [0.1, 0.15) is 40.5 Å². The molecular formula is C10H24N2O3. The van der Waals surface area contributed by atoms with Crippen LogP contribution in [-0.2, 0) is 9.59 Å². The number of carbonyl (C=O) groups is 2. The maximum Gasteiger partial charge on any atom is 0.303 e. The Labute approximate surface area is 92.0 Å². The largest absolute Gasteiger partial charge is 0.481 e. The van der Waals surface area contributed by atoms with Gasteiger partial charge in [0.15, 0.2) is 0 Å². The van der Waals surface area contributed by atoms with E-state index in [1.807, 2.05) is 20.8 Å². The molecule has 4 N–H and O–H groups in total. The molecular weight excluding hydrogens is 196 g/mol. The van der Waals surface area contributed by atoms with E-state index in [1.54, 1.807) is 6.92 Å². The van der Waals surface area contributed by atoms with Gasteiger partial charge in [-0.3, -0.25) is 9.59 Å². The van der Waals surface area contributed by atoms with Gasteiger partial charge >= 0.3 is 5.97 Å². The summed E-state index contributed by atoms with van der Waals surface area (Å²) in [5, 5.41) is 10.4. The highest BCUT2D eigenvalue weighted by atomic mass is 16.4. The maximum atomic E-state index is 10.3. The summed E-state index contributed by atoms with van der Waals surface area (Å²) >= 11 is 0. The van der Waals surface area contributed by atoms with Gasteiger partial charge in [0.1, 0.15) is 0 Å². The molecule has 0 saturated carbocycles. The average molecular weight is 220 g/mol. The molecule has 0 radical (unpaired) electrons. The van der Waals surface area contributed by atoms with Crippen molar-refractivity contribution in [3.8, 4) is 0 Å². The van der Waals surface area contributed by atoms with Crippen LogP contribution in [0.2, 0.25) is 0 Å². The summed E-state index contributed by atoms with van der Waals surface area (Å²) in [6.45, 7) is 8.74. The number of aliphatic carboxylic acids is 1. The fourth-order valence-corrected chi connectivity index (χ4v) is 0.322. The summed E-state index contributed by atoms with van der Waals surface area (Å²) in [6.07, 6.45) is 0.813. The van der Waals surface area contributed by atoms with Crippen molar-refractivity contribution in [2.75, 3.05) is 13.1 Å². The van der Waals surface area contributed by atoms with Crippen molar-refractivity contribution < 1.29 is 14.7 Å². The molecule has 1 amide bonds. The van der Waals surface area contributed by atoms with Crippen LogP contribution >= 0.6 is 0 Å². The van der Waals surface area contributed by atoms with Crippen LogP contribution in [0.25, 0.3) is 0 Å². The van der Waals surface area contributed by atoms with E-state index in [0.29, 0.717) is 6.42 Å². The zero-order valence-corrected chi connectivity index (χ0v) is 10.2. The Morgan fingerprint density at radius 2 is 1.47 bits per heavy atom. The van der Waals surface area contributed by atoms with E-state index in [1.165, 1.54) is 0 Å². The number of hydrogen-bond acceptors (Lipinski definition) is 3. The quantitative estimate of drug-likeness (QED) is 0.661. The van der Waals surface area contributed by atoms with E-state index in [0.717, 1.165) is 13.1 Å². The highest BCUT2D eigenvalue weighted by Gasteiger charge is 1.88. The van der Waals surface area contributed by atoms with Gasteiger partial charge in [-0.1, -0.05) is 20.8 Å². The van der Waals surface area contributed by atoms with Gasteiger partial charge in [-0.05, 0) is 13.5 Å². The van der Waals surface area contributed by atoms with Crippen LogP contribution in [-0.4, -0.2) is 30.1 Å². The normalized spacial score (nSPS) is 7.53. The molecule has 0 fully saturated rings. The van der Waals surface area contributed by atoms with E-state index in [4.69, 9.17) is 10.8 Å².